The fourth-order valence-corrected chi connectivity index (χ4v) is 3.91. The minimum absolute atomic E-state index is 0.0240. The highest BCUT2D eigenvalue weighted by molar-refractivity contribution is 8.00. The number of hydrogen-bond acceptors (Lipinski definition) is 3. The monoisotopic (exact) mass is 242 g/mol. The number of fused-ring (bicyclic) bond motifs is 1. The molecule has 2 saturated heterocycles. The second-order valence-corrected chi connectivity index (χ2v) is 5.84. The molecule has 0 aromatic rings. The summed E-state index contributed by atoms with van der Waals surface area (Å²) in [4.78, 5) is 21.9. The number of thioether (sulfide) groups is 1. The first-order valence-corrected chi connectivity index (χ1v) is 6.90. The second kappa shape index (κ2) is 5.08. The first-order chi connectivity index (χ1) is 7.66. The molecule has 2 amide bonds. The van der Waals surface area contributed by atoms with Crippen LogP contribution < -0.4 is 10.6 Å². The summed E-state index contributed by atoms with van der Waals surface area (Å²) in [6.45, 7) is 1.64. The molecule has 0 radical (unpaired) electrons. The van der Waals surface area contributed by atoms with Crippen LogP contribution in [0.25, 0.3) is 0 Å². The number of nitrogens with one attached hydrogen (secondary N) is 2. The Morgan fingerprint density at radius 3 is 3.00 bits per heavy atom. The highest BCUT2D eigenvalue weighted by Crippen LogP contribution is 2.33. The van der Waals surface area contributed by atoms with Gasteiger partial charge >= 0.3 is 6.03 Å². The molecule has 4 nitrogen and oxygen atoms in total. The van der Waals surface area contributed by atoms with E-state index in [-0.39, 0.29) is 11.8 Å². The van der Waals surface area contributed by atoms with Gasteiger partial charge in [-0.05, 0) is 19.8 Å². The van der Waals surface area contributed by atoms with Gasteiger partial charge in [0.2, 0.25) is 0 Å². The van der Waals surface area contributed by atoms with Gasteiger partial charge in [0.15, 0.2) is 0 Å². The summed E-state index contributed by atoms with van der Waals surface area (Å²) in [5, 5.41) is 6.43. The maximum Gasteiger partial charge on any atom is 0.315 e. The Bertz CT molecular complexity index is 296. The molecule has 5 heteroatoms. The number of urea groups is 1. The van der Waals surface area contributed by atoms with Crippen LogP contribution in [0.2, 0.25) is 0 Å². The van der Waals surface area contributed by atoms with Crippen LogP contribution in [0.4, 0.5) is 4.79 Å². The topological polar surface area (TPSA) is 58.2 Å². The number of ketones is 1. The molecular weight excluding hydrogens is 224 g/mol. The van der Waals surface area contributed by atoms with Gasteiger partial charge in [-0.1, -0.05) is 6.42 Å². The Balaban J connectivity index is 1.70. The zero-order valence-corrected chi connectivity index (χ0v) is 10.3. The predicted molar refractivity (Wildman–Crippen MR) is 64.6 cm³/mol. The third kappa shape index (κ3) is 2.70. The molecule has 16 heavy (non-hydrogen) atoms. The van der Waals surface area contributed by atoms with Crippen LogP contribution in [-0.4, -0.2) is 34.9 Å². The summed E-state index contributed by atoms with van der Waals surface area (Å²) in [5.41, 5.74) is 0. The summed E-state index contributed by atoms with van der Waals surface area (Å²) in [7, 11) is 0. The Kier molecular flexibility index (Phi) is 3.74. The van der Waals surface area contributed by atoms with Gasteiger partial charge in [0.1, 0.15) is 5.78 Å². The number of hydrogen-bond donors (Lipinski definition) is 2. The van der Waals surface area contributed by atoms with Crippen LogP contribution in [0.15, 0.2) is 0 Å². The molecule has 0 aromatic carbocycles. The van der Waals surface area contributed by atoms with Crippen molar-refractivity contribution in [3.05, 3.63) is 0 Å². The summed E-state index contributed by atoms with van der Waals surface area (Å²) in [5.74, 6) is 1.29. The predicted octanol–water partition coefficient (Wildman–Crippen LogP) is 1.30. The molecule has 2 aliphatic heterocycles. The lowest BCUT2D eigenvalue weighted by Gasteiger charge is -2.16. The van der Waals surface area contributed by atoms with Gasteiger partial charge in [0.05, 0.1) is 12.1 Å². The average Bonchev–Trinajstić information content (AvgIpc) is 2.72. The molecule has 0 saturated carbocycles. The first-order valence-electron chi connectivity index (χ1n) is 5.85. The van der Waals surface area contributed by atoms with Gasteiger partial charge in [-0.25, -0.2) is 4.79 Å². The van der Waals surface area contributed by atoms with Gasteiger partial charge < -0.3 is 15.4 Å². The molecule has 0 aliphatic carbocycles. The smallest absolute Gasteiger partial charge is 0.315 e. The summed E-state index contributed by atoms with van der Waals surface area (Å²) >= 11 is 1.93. The van der Waals surface area contributed by atoms with Crippen LogP contribution in [0.1, 0.15) is 32.6 Å². The number of amides is 2. The zero-order chi connectivity index (χ0) is 11.5. The number of rotatable bonds is 5. The van der Waals surface area contributed by atoms with Crippen molar-refractivity contribution in [1.29, 1.82) is 0 Å². The molecule has 3 atom stereocenters. The van der Waals surface area contributed by atoms with Crippen molar-refractivity contribution in [2.24, 2.45) is 0 Å². The van der Waals surface area contributed by atoms with Crippen molar-refractivity contribution in [1.82, 2.24) is 10.6 Å². The lowest BCUT2D eigenvalue weighted by atomic mass is 10.0. The van der Waals surface area contributed by atoms with Crippen LogP contribution in [0.3, 0.4) is 0 Å². The van der Waals surface area contributed by atoms with Crippen molar-refractivity contribution in [3.8, 4) is 0 Å². The van der Waals surface area contributed by atoms with E-state index in [1.165, 1.54) is 0 Å². The van der Waals surface area contributed by atoms with Crippen LogP contribution >= 0.6 is 11.8 Å². The summed E-state index contributed by atoms with van der Waals surface area (Å²) in [6, 6.07) is 0.592. The molecule has 90 valence electrons. The lowest BCUT2D eigenvalue weighted by Crippen LogP contribution is -2.36. The maximum atomic E-state index is 11.1. The number of carbonyl (C=O) groups excluding carboxylic acids is 2. The van der Waals surface area contributed by atoms with Gasteiger partial charge in [0.25, 0.3) is 0 Å². The molecule has 2 fully saturated rings. The lowest BCUT2D eigenvalue weighted by molar-refractivity contribution is -0.117. The third-order valence-corrected chi connectivity index (χ3v) is 4.71. The van der Waals surface area contributed by atoms with Gasteiger partial charge in [-0.15, -0.1) is 0 Å². The normalized spacial score (nSPS) is 32.1. The van der Waals surface area contributed by atoms with E-state index in [4.69, 9.17) is 0 Å². The molecule has 0 bridgehead atoms. The molecule has 2 aliphatic rings. The minimum Gasteiger partial charge on any atom is -0.332 e. The quantitative estimate of drug-likeness (QED) is 0.564. The molecule has 2 unspecified atom stereocenters. The van der Waals surface area contributed by atoms with E-state index in [0.29, 0.717) is 23.8 Å². The van der Waals surface area contributed by atoms with Crippen LogP contribution in [-0.2, 0) is 4.79 Å². The van der Waals surface area contributed by atoms with Crippen LogP contribution in [0.5, 0.6) is 0 Å². The Morgan fingerprint density at radius 1 is 1.44 bits per heavy atom. The fourth-order valence-electron chi connectivity index (χ4n) is 2.36. The molecule has 2 N–H and O–H groups in total. The summed E-state index contributed by atoms with van der Waals surface area (Å²) < 4.78 is 0. The van der Waals surface area contributed by atoms with E-state index in [0.717, 1.165) is 25.0 Å². The van der Waals surface area contributed by atoms with E-state index in [1.807, 2.05) is 11.8 Å². The number of Topliss-reactive ketones (excluding diaryl/α,β-unsaturated/α-hetero) is 1. The molecule has 2 rings (SSSR count). The SMILES string of the molecule is CC(=O)CCCCC1SCC2NC(=O)N[C@@H]21. The Labute approximate surface area is 99.9 Å². The molecule has 2 heterocycles. The van der Waals surface area contributed by atoms with E-state index in [1.54, 1.807) is 6.92 Å². The van der Waals surface area contributed by atoms with Gasteiger partial charge in [0, 0.05) is 17.4 Å². The zero-order valence-electron chi connectivity index (χ0n) is 9.49. The van der Waals surface area contributed by atoms with Crippen molar-refractivity contribution >= 4 is 23.6 Å². The van der Waals surface area contributed by atoms with Gasteiger partial charge in [-0.3, -0.25) is 0 Å². The fraction of sp³-hybridized carbons (Fsp3) is 0.818. The van der Waals surface area contributed by atoms with Crippen molar-refractivity contribution < 1.29 is 9.59 Å². The van der Waals surface area contributed by atoms with Crippen LogP contribution in [0, 0.1) is 0 Å². The van der Waals surface area contributed by atoms with E-state index in [2.05, 4.69) is 10.6 Å². The first kappa shape index (κ1) is 11.8. The summed E-state index contributed by atoms with van der Waals surface area (Å²) in [6.07, 6.45) is 3.85. The highest BCUT2D eigenvalue weighted by Gasteiger charge is 2.42. The van der Waals surface area contributed by atoms with Crippen molar-refractivity contribution in [2.45, 2.75) is 49.9 Å². The largest absolute Gasteiger partial charge is 0.332 e. The molecular formula is C11H18N2O2S. The third-order valence-electron chi connectivity index (χ3n) is 3.21. The van der Waals surface area contributed by atoms with E-state index in [9.17, 15) is 9.59 Å². The Hall–Kier alpha value is -0.710. The molecule has 0 aromatic heterocycles. The van der Waals surface area contributed by atoms with Crippen molar-refractivity contribution in [2.75, 3.05) is 5.75 Å². The molecule has 0 spiro atoms. The average molecular weight is 242 g/mol. The van der Waals surface area contributed by atoms with Crippen molar-refractivity contribution in [3.63, 3.8) is 0 Å². The van der Waals surface area contributed by atoms with E-state index >= 15 is 0 Å². The number of unbranched alkanes of at least 4 members (excludes halogenated alkanes) is 1. The van der Waals surface area contributed by atoms with Gasteiger partial charge in [-0.2, -0.15) is 11.8 Å². The minimum atomic E-state index is -0.0240. The maximum absolute atomic E-state index is 11.1. The Morgan fingerprint density at radius 2 is 2.25 bits per heavy atom. The second-order valence-electron chi connectivity index (χ2n) is 4.57. The van der Waals surface area contributed by atoms with E-state index < -0.39 is 0 Å². The highest BCUT2D eigenvalue weighted by atomic mass is 32.2. The standard InChI is InChI=1S/C11H18N2O2S/c1-7(14)4-2-3-5-9-10-8(6-16-9)12-11(15)13-10/h8-10H,2-6H2,1H3,(H2,12,13,15)/t8?,9?,10-/m0/s1. The number of carbonyl (C=O) groups is 2.